The number of imidazole rings is 1. The van der Waals surface area contributed by atoms with E-state index >= 15 is 0 Å². The summed E-state index contributed by atoms with van der Waals surface area (Å²) in [4.78, 5) is 27.9. The smallest absolute Gasteiger partial charge is 0.219 e. The average molecular weight is 301 g/mol. The van der Waals surface area contributed by atoms with Crippen LogP contribution in [0.2, 0.25) is 0 Å². The van der Waals surface area contributed by atoms with E-state index in [1.807, 2.05) is 42.7 Å². The summed E-state index contributed by atoms with van der Waals surface area (Å²) in [7, 11) is 0. The van der Waals surface area contributed by atoms with Gasteiger partial charge in [0.05, 0.1) is 17.1 Å². The van der Waals surface area contributed by atoms with Crippen LogP contribution in [0, 0.1) is 0 Å². The Morgan fingerprint density at radius 3 is 2.73 bits per heavy atom. The minimum Gasteiger partial charge on any atom is -0.356 e. The van der Waals surface area contributed by atoms with E-state index in [0.717, 1.165) is 23.3 Å². The number of benzene rings is 1. The Labute approximate surface area is 130 Å². The van der Waals surface area contributed by atoms with Crippen molar-refractivity contribution in [2.24, 2.45) is 0 Å². The molecule has 1 amide bonds. The molecule has 1 unspecified atom stereocenters. The highest BCUT2D eigenvalue weighted by atomic mass is 16.1. The standard InChI is InChI=1S/C17H23N3O2/c1-4-7-17(22)18-11-10-16-19-14-8-5-6-9-15(14)20(16)12(2)13(3)21/h5-6,8-9,12H,4,7,10-11H2,1-3H3,(H,18,22). The van der Waals surface area contributed by atoms with Crippen LogP contribution in [0.15, 0.2) is 24.3 Å². The van der Waals surface area contributed by atoms with Gasteiger partial charge in [0.25, 0.3) is 0 Å². The van der Waals surface area contributed by atoms with Crippen molar-refractivity contribution < 1.29 is 9.59 Å². The van der Waals surface area contributed by atoms with Gasteiger partial charge in [0, 0.05) is 19.4 Å². The number of rotatable bonds is 7. The molecule has 0 aliphatic rings. The van der Waals surface area contributed by atoms with E-state index in [-0.39, 0.29) is 17.7 Å². The van der Waals surface area contributed by atoms with Gasteiger partial charge in [0.2, 0.25) is 5.91 Å². The van der Waals surface area contributed by atoms with Gasteiger partial charge in [0.15, 0.2) is 5.78 Å². The second kappa shape index (κ2) is 7.20. The second-order valence-electron chi connectivity index (χ2n) is 5.52. The Balaban J connectivity index is 2.23. The molecule has 2 rings (SSSR count). The molecule has 5 nitrogen and oxygen atoms in total. The summed E-state index contributed by atoms with van der Waals surface area (Å²) in [5, 5.41) is 2.89. The van der Waals surface area contributed by atoms with Crippen molar-refractivity contribution >= 4 is 22.7 Å². The van der Waals surface area contributed by atoms with Crippen LogP contribution in [0.4, 0.5) is 0 Å². The summed E-state index contributed by atoms with van der Waals surface area (Å²) in [6, 6.07) is 7.54. The van der Waals surface area contributed by atoms with Crippen molar-refractivity contribution in [3.8, 4) is 0 Å². The number of fused-ring (bicyclic) bond motifs is 1. The molecule has 1 aromatic carbocycles. The van der Waals surface area contributed by atoms with E-state index in [0.29, 0.717) is 19.4 Å². The fourth-order valence-corrected chi connectivity index (χ4v) is 2.51. The van der Waals surface area contributed by atoms with Crippen molar-refractivity contribution in [3.05, 3.63) is 30.1 Å². The quantitative estimate of drug-likeness (QED) is 0.855. The van der Waals surface area contributed by atoms with Crippen molar-refractivity contribution in [3.63, 3.8) is 0 Å². The minimum absolute atomic E-state index is 0.0600. The molecule has 1 aromatic heterocycles. The highest BCUT2D eigenvalue weighted by molar-refractivity contribution is 5.84. The van der Waals surface area contributed by atoms with Crippen molar-refractivity contribution in [1.29, 1.82) is 0 Å². The van der Waals surface area contributed by atoms with Gasteiger partial charge < -0.3 is 9.88 Å². The Kier molecular flexibility index (Phi) is 5.31. The third-order valence-corrected chi connectivity index (χ3v) is 3.79. The minimum atomic E-state index is -0.256. The number of Topliss-reactive ketones (excluding diaryl/α,β-unsaturated/α-hetero) is 1. The van der Waals surface area contributed by atoms with E-state index in [4.69, 9.17) is 0 Å². The first-order valence-corrected chi connectivity index (χ1v) is 7.77. The monoisotopic (exact) mass is 301 g/mol. The molecule has 1 N–H and O–H groups in total. The van der Waals surface area contributed by atoms with E-state index < -0.39 is 0 Å². The molecule has 118 valence electrons. The maximum atomic E-state index is 11.8. The predicted molar refractivity (Wildman–Crippen MR) is 86.7 cm³/mol. The summed E-state index contributed by atoms with van der Waals surface area (Å²) < 4.78 is 1.98. The lowest BCUT2D eigenvalue weighted by molar-refractivity contribution is -0.121. The molecule has 2 aromatic rings. The van der Waals surface area contributed by atoms with Crippen LogP contribution < -0.4 is 5.32 Å². The summed E-state index contributed by atoms with van der Waals surface area (Å²) in [6.07, 6.45) is 1.99. The zero-order chi connectivity index (χ0) is 16.1. The second-order valence-corrected chi connectivity index (χ2v) is 5.52. The number of carbonyl (C=O) groups is 2. The van der Waals surface area contributed by atoms with Gasteiger partial charge in [-0.3, -0.25) is 9.59 Å². The fourth-order valence-electron chi connectivity index (χ4n) is 2.51. The molecule has 0 spiro atoms. The molecule has 5 heteroatoms. The highest BCUT2D eigenvalue weighted by Crippen LogP contribution is 2.22. The third-order valence-electron chi connectivity index (χ3n) is 3.79. The van der Waals surface area contributed by atoms with E-state index in [9.17, 15) is 9.59 Å². The molecule has 0 aliphatic carbocycles. The fraction of sp³-hybridized carbons (Fsp3) is 0.471. The molecule has 0 saturated heterocycles. The first-order valence-electron chi connectivity index (χ1n) is 7.77. The number of nitrogens with zero attached hydrogens (tertiary/aromatic N) is 2. The van der Waals surface area contributed by atoms with Crippen molar-refractivity contribution in [1.82, 2.24) is 14.9 Å². The van der Waals surface area contributed by atoms with Gasteiger partial charge in [-0.1, -0.05) is 19.1 Å². The SMILES string of the molecule is CCCC(=O)NCCc1nc2ccccc2n1C(C)C(C)=O. The number of hydrogen-bond acceptors (Lipinski definition) is 3. The Morgan fingerprint density at radius 2 is 2.05 bits per heavy atom. The van der Waals surface area contributed by atoms with Crippen LogP contribution >= 0.6 is 0 Å². The van der Waals surface area contributed by atoms with E-state index in [2.05, 4.69) is 10.3 Å². The topological polar surface area (TPSA) is 64.0 Å². The highest BCUT2D eigenvalue weighted by Gasteiger charge is 2.18. The maximum Gasteiger partial charge on any atom is 0.219 e. The summed E-state index contributed by atoms with van der Waals surface area (Å²) in [5.41, 5.74) is 1.84. The Bertz CT molecular complexity index is 676. The van der Waals surface area contributed by atoms with Crippen LogP contribution in [0.25, 0.3) is 11.0 Å². The van der Waals surface area contributed by atoms with Crippen LogP contribution in [-0.2, 0) is 16.0 Å². The molecule has 22 heavy (non-hydrogen) atoms. The van der Waals surface area contributed by atoms with Gasteiger partial charge in [-0.2, -0.15) is 0 Å². The van der Waals surface area contributed by atoms with E-state index in [1.165, 1.54) is 0 Å². The number of aromatic nitrogens is 2. The average Bonchev–Trinajstić information content (AvgIpc) is 2.84. The van der Waals surface area contributed by atoms with Crippen LogP contribution in [0.1, 0.15) is 45.5 Å². The van der Waals surface area contributed by atoms with Gasteiger partial charge in [-0.05, 0) is 32.4 Å². The van der Waals surface area contributed by atoms with E-state index in [1.54, 1.807) is 6.92 Å². The van der Waals surface area contributed by atoms with Crippen molar-refractivity contribution in [2.75, 3.05) is 6.54 Å². The molecular weight excluding hydrogens is 278 g/mol. The summed E-state index contributed by atoms with van der Waals surface area (Å²) >= 11 is 0. The molecule has 0 aliphatic heterocycles. The molecule has 1 heterocycles. The van der Waals surface area contributed by atoms with Crippen LogP contribution in [0.3, 0.4) is 0 Å². The van der Waals surface area contributed by atoms with Gasteiger partial charge in [-0.15, -0.1) is 0 Å². The molecule has 0 saturated carbocycles. The van der Waals surface area contributed by atoms with Gasteiger partial charge >= 0.3 is 0 Å². The summed E-state index contributed by atoms with van der Waals surface area (Å²) in [5.74, 6) is 0.991. The van der Waals surface area contributed by atoms with Crippen LogP contribution in [0.5, 0.6) is 0 Å². The number of nitrogens with one attached hydrogen (secondary N) is 1. The number of ketones is 1. The third kappa shape index (κ3) is 3.53. The normalized spacial score (nSPS) is 12.3. The largest absolute Gasteiger partial charge is 0.356 e. The number of para-hydroxylation sites is 2. The molecule has 1 atom stereocenters. The molecule has 0 bridgehead atoms. The number of carbonyl (C=O) groups excluding carboxylic acids is 2. The molecule has 0 fully saturated rings. The predicted octanol–water partition coefficient (Wildman–Crippen LogP) is 2.65. The molecule has 0 radical (unpaired) electrons. The lowest BCUT2D eigenvalue weighted by atomic mass is 10.2. The Morgan fingerprint density at radius 1 is 1.32 bits per heavy atom. The van der Waals surface area contributed by atoms with Crippen molar-refractivity contribution in [2.45, 2.75) is 46.1 Å². The lowest BCUT2D eigenvalue weighted by Gasteiger charge is -2.15. The van der Waals surface area contributed by atoms with Gasteiger partial charge in [-0.25, -0.2) is 4.98 Å². The number of amides is 1. The summed E-state index contributed by atoms with van der Waals surface area (Å²) in [6.45, 7) is 5.99. The van der Waals surface area contributed by atoms with Crippen LogP contribution in [-0.4, -0.2) is 27.8 Å². The maximum absolute atomic E-state index is 11.8. The lowest BCUT2D eigenvalue weighted by Crippen LogP contribution is -2.26. The Hall–Kier alpha value is -2.17. The zero-order valence-corrected chi connectivity index (χ0v) is 13.4. The first-order chi connectivity index (χ1) is 10.5. The molecular formula is C17H23N3O2. The first kappa shape index (κ1) is 16.2. The number of hydrogen-bond donors (Lipinski definition) is 1. The van der Waals surface area contributed by atoms with Gasteiger partial charge in [0.1, 0.15) is 5.82 Å². The zero-order valence-electron chi connectivity index (χ0n) is 13.4.